The van der Waals surface area contributed by atoms with Crippen molar-refractivity contribution in [3.05, 3.63) is 0 Å². The van der Waals surface area contributed by atoms with E-state index in [2.05, 4.69) is 5.32 Å². The fourth-order valence-corrected chi connectivity index (χ4v) is 2.37. The molecule has 2 N–H and O–H groups in total. The maximum atomic E-state index is 11.6. The normalized spacial score (nSPS) is 28.1. The van der Waals surface area contributed by atoms with Crippen molar-refractivity contribution in [1.29, 1.82) is 0 Å². The molecule has 0 aromatic carbocycles. The quantitative estimate of drug-likeness (QED) is 0.796. The zero-order valence-corrected chi connectivity index (χ0v) is 10.9. The lowest BCUT2D eigenvalue weighted by Crippen LogP contribution is -2.58. The van der Waals surface area contributed by atoms with Crippen LogP contribution in [0.5, 0.6) is 0 Å². The second-order valence-electron chi connectivity index (χ2n) is 5.99. The smallest absolute Gasteiger partial charge is 0.408 e. The minimum absolute atomic E-state index is 0.0451. The van der Waals surface area contributed by atoms with Gasteiger partial charge in [-0.25, -0.2) is 4.79 Å². The first kappa shape index (κ1) is 13.8. The molecule has 98 valence electrons. The molecule has 0 unspecified atom stereocenters. The molecule has 0 aliphatic heterocycles. The maximum Gasteiger partial charge on any atom is 0.408 e. The van der Waals surface area contributed by atoms with E-state index in [1.54, 1.807) is 20.8 Å². The zero-order valence-electron chi connectivity index (χ0n) is 10.9. The van der Waals surface area contributed by atoms with E-state index in [1.807, 2.05) is 6.92 Å². The number of amides is 1. The molecular weight excluding hydrogens is 222 g/mol. The summed E-state index contributed by atoms with van der Waals surface area (Å²) in [6, 6.07) is 0. The predicted octanol–water partition coefficient (Wildman–Crippen LogP) is 2.15. The predicted molar refractivity (Wildman–Crippen MR) is 62.8 cm³/mol. The summed E-state index contributed by atoms with van der Waals surface area (Å²) in [5, 5.41) is 11.6. The fourth-order valence-electron chi connectivity index (χ4n) is 2.37. The first-order valence-electron chi connectivity index (χ1n) is 5.85. The number of rotatable bonds is 3. The van der Waals surface area contributed by atoms with Crippen LogP contribution in [0.25, 0.3) is 0 Å². The van der Waals surface area contributed by atoms with Gasteiger partial charge < -0.3 is 15.2 Å². The summed E-state index contributed by atoms with van der Waals surface area (Å²) in [6.45, 7) is 7.37. The number of carbonyl (C=O) groups is 2. The van der Waals surface area contributed by atoms with Crippen molar-refractivity contribution in [2.24, 2.45) is 5.92 Å². The number of alkyl carbamates (subject to hydrolysis) is 1. The van der Waals surface area contributed by atoms with Crippen LogP contribution in [0.15, 0.2) is 0 Å². The molecular formula is C12H21NO4. The Hall–Kier alpha value is -1.26. The lowest BCUT2D eigenvalue weighted by atomic mass is 9.67. The van der Waals surface area contributed by atoms with Gasteiger partial charge in [-0.2, -0.15) is 0 Å². The molecule has 0 saturated heterocycles. The van der Waals surface area contributed by atoms with Crippen LogP contribution >= 0.6 is 0 Å². The van der Waals surface area contributed by atoms with Gasteiger partial charge in [-0.05, 0) is 39.5 Å². The van der Waals surface area contributed by atoms with Crippen molar-refractivity contribution in [1.82, 2.24) is 5.32 Å². The molecule has 0 heterocycles. The Morgan fingerprint density at radius 3 is 2.29 bits per heavy atom. The Morgan fingerprint density at radius 2 is 1.94 bits per heavy atom. The standard InChI is InChI=1S/C12H21NO4/c1-8-5-12(6-8,7-9(14)15)13-10(16)17-11(2,3)4/h8H,5-7H2,1-4H3,(H,13,16)(H,14,15). The average Bonchev–Trinajstić information content (AvgIpc) is 1.94. The summed E-state index contributed by atoms with van der Waals surface area (Å²) in [4.78, 5) is 22.4. The highest BCUT2D eigenvalue weighted by Crippen LogP contribution is 2.40. The van der Waals surface area contributed by atoms with E-state index < -0.39 is 23.2 Å². The number of carboxylic acid groups (broad SMARTS) is 1. The van der Waals surface area contributed by atoms with Gasteiger partial charge in [-0.15, -0.1) is 0 Å². The van der Waals surface area contributed by atoms with Gasteiger partial charge in [-0.3, -0.25) is 4.79 Å². The molecule has 5 nitrogen and oxygen atoms in total. The van der Waals surface area contributed by atoms with Gasteiger partial charge in [0.25, 0.3) is 0 Å². The Balaban J connectivity index is 2.56. The highest BCUT2D eigenvalue weighted by atomic mass is 16.6. The minimum atomic E-state index is -0.895. The number of hydrogen-bond acceptors (Lipinski definition) is 3. The van der Waals surface area contributed by atoms with Gasteiger partial charge >= 0.3 is 12.1 Å². The molecule has 0 atom stereocenters. The van der Waals surface area contributed by atoms with Crippen LogP contribution in [0.1, 0.15) is 47.0 Å². The van der Waals surface area contributed by atoms with Crippen LogP contribution in [0, 0.1) is 5.92 Å². The van der Waals surface area contributed by atoms with Crippen LogP contribution in [0.3, 0.4) is 0 Å². The Kier molecular flexibility index (Phi) is 3.69. The van der Waals surface area contributed by atoms with Gasteiger partial charge in [0.1, 0.15) is 5.60 Å². The number of carbonyl (C=O) groups excluding carboxylic acids is 1. The lowest BCUT2D eigenvalue weighted by molar-refractivity contribution is -0.140. The highest BCUT2D eigenvalue weighted by Gasteiger charge is 2.45. The molecule has 1 aliphatic rings. The third-order valence-electron chi connectivity index (χ3n) is 2.73. The lowest BCUT2D eigenvalue weighted by Gasteiger charge is -2.46. The SMILES string of the molecule is CC1CC(CC(=O)O)(NC(=O)OC(C)(C)C)C1. The van der Waals surface area contributed by atoms with Gasteiger partial charge in [-0.1, -0.05) is 6.92 Å². The van der Waals surface area contributed by atoms with Crippen LogP contribution in [0.2, 0.25) is 0 Å². The van der Waals surface area contributed by atoms with Crippen LogP contribution in [0.4, 0.5) is 4.79 Å². The monoisotopic (exact) mass is 243 g/mol. The first-order valence-corrected chi connectivity index (χ1v) is 5.85. The van der Waals surface area contributed by atoms with Gasteiger partial charge in [0, 0.05) is 0 Å². The van der Waals surface area contributed by atoms with Crippen LogP contribution < -0.4 is 5.32 Å². The number of hydrogen-bond donors (Lipinski definition) is 2. The van der Waals surface area contributed by atoms with Crippen molar-refractivity contribution < 1.29 is 19.4 Å². The molecule has 1 saturated carbocycles. The summed E-state index contributed by atoms with van der Waals surface area (Å²) < 4.78 is 5.14. The molecule has 1 aliphatic carbocycles. The van der Waals surface area contributed by atoms with E-state index in [4.69, 9.17) is 9.84 Å². The van der Waals surface area contributed by atoms with Gasteiger partial charge in [0.05, 0.1) is 12.0 Å². The van der Waals surface area contributed by atoms with Crippen molar-refractivity contribution in [2.45, 2.75) is 58.1 Å². The second-order valence-corrected chi connectivity index (χ2v) is 5.99. The summed E-state index contributed by atoms with van der Waals surface area (Å²) in [7, 11) is 0. The average molecular weight is 243 g/mol. The van der Waals surface area contributed by atoms with Crippen molar-refractivity contribution >= 4 is 12.1 Å². The molecule has 5 heteroatoms. The molecule has 0 aromatic heterocycles. The number of nitrogens with one attached hydrogen (secondary N) is 1. The van der Waals surface area contributed by atoms with E-state index in [0.717, 1.165) is 0 Å². The largest absolute Gasteiger partial charge is 0.481 e. The summed E-state index contributed by atoms with van der Waals surface area (Å²) in [6.07, 6.45) is 0.805. The van der Waals surface area contributed by atoms with E-state index in [1.165, 1.54) is 0 Å². The van der Waals surface area contributed by atoms with E-state index >= 15 is 0 Å². The Morgan fingerprint density at radius 1 is 1.41 bits per heavy atom. The third-order valence-corrected chi connectivity index (χ3v) is 2.73. The van der Waals surface area contributed by atoms with Gasteiger partial charge in [0.2, 0.25) is 0 Å². The van der Waals surface area contributed by atoms with Crippen molar-refractivity contribution in [3.8, 4) is 0 Å². The Labute approximate surface area is 102 Å². The molecule has 1 amide bonds. The van der Waals surface area contributed by atoms with Crippen LogP contribution in [-0.2, 0) is 9.53 Å². The third kappa shape index (κ3) is 4.24. The second kappa shape index (κ2) is 4.55. The zero-order chi connectivity index (χ0) is 13.3. The molecule has 1 rings (SSSR count). The number of carboxylic acids is 1. The minimum Gasteiger partial charge on any atom is -0.481 e. The molecule has 0 radical (unpaired) electrons. The number of ether oxygens (including phenoxy) is 1. The number of aliphatic carboxylic acids is 1. The summed E-state index contributed by atoms with van der Waals surface area (Å²) >= 11 is 0. The first-order chi connectivity index (χ1) is 7.62. The summed E-state index contributed by atoms with van der Waals surface area (Å²) in [5.74, 6) is -0.447. The van der Waals surface area contributed by atoms with Crippen molar-refractivity contribution in [2.75, 3.05) is 0 Å². The maximum absolute atomic E-state index is 11.6. The Bertz CT molecular complexity index is 313. The van der Waals surface area contributed by atoms with Crippen molar-refractivity contribution in [3.63, 3.8) is 0 Å². The molecule has 0 bridgehead atoms. The molecule has 0 spiro atoms. The fraction of sp³-hybridized carbons (Fsp3) is 0.833. The van der Waals surface area contributed by atoms with E-state index in [-0.39, 0.29) is 6.42 Å². The van der Waals surface area contributed by atoms with Gasteiger partial charge in [0.15, 0.2) is 0 Å². The highest BCUT2D eigenvalue weighted by molar-refractivity contribution is 5.73. The molecule has 17 heavy (non-hydrogen) atoms. The summed E-state index contributed by atoms with van der Waals surface area (Å²) in [5.41, 5.74) is -1.18. The topological polar surface area (TPSA) is 75.6 Å². The molecule has 0 aromatic rings. The molecule has 1 fully saturated rings. The van der Waals surface area contributed by atoms with Crippen LogP contribution in [-0.4, -0.2) is 28.3 Å². The van der Waals surface area contributed by atoms with E-state index in [0.29, 0.717) is 18.8 Å². The van der Waals surface area contributed by atoms with E-state index in [9.17, 15) is 9.59 Å².